The SMILES string of the molecule is O=S(=O)=IS(=O)(=O)Br. The van der Waals surface area contributed by atoms with E-state index in [0.717, 1.165) is 0 Å². The van der Waals surface area contributed by atoms with Crippen molar-refractivity contribution in [3.8, 4) is 0 Å². The molecule has 0 amide bonds. The highest BCUT2D eigenvalue weighted by molar-refractivity contribution is 14.2. The summed E-state index contributed by atoms with van der Waals surface area (Å²) in [6.45, 7) is 0. The van der Waals surface area contributed by atoms with Gasteiger partial charge in [0.25, 0.3) is 12.8 Å². The van der Waals surface area contributed by atoms with Crippen LogP contribution in [0.15, 0.2) is 0 Å². The van der Waals surface area contributed by atoms with Gasteiger partial charge in [-0.3, -0.25) is 0 Å². The van der Waals surface area contributed by atoms with Crippen molar-refractivity contribution in [1.29, 1.82) is 0 Å². The van der Waals surface area contributed by atoms with Crippen LogP contribution in [0, 0.1) is 0 Å². The van der Waals surface area contributed by atoms with Crippen molar-refractivity contribution in [1.82, 2.24) is 0 Å². The fourth-order valence-corrected chi connectivity index (χ4v) is 8.63. The van der Waals surface area contributed by atoms with Crippen molar-refractivity contribution < 1.29 is 16.8 Å². The Labute approximate surface area is 61.8 Å². The van der Waals surface area contributed by atoms with Gasteiger partial charge in [-0.05, 0) is 0 Å². The molecule has 0 unspecified atom stereocenters. The molecular formula is BrIO4S2. The summed E-state index contributed by atoms with van der Waals surface area (Å²) in [5.41, 5.74) is -3.41. The smallest absolute Gasteiger partial charge is 0.206 e. The van der Waals surface area contributed by atoms with Crippen molar-refractivity contribution in [2.75, 3.05) is 0 Å². The second-order valence-corrected chi connectivity index (χ2v) is 17.3. The maximum Gasteiger partial charge on any atom is 0.270 e. The van der Waals surface area contributed by atoms with Gasteiger partial charge in [0, 0.05) is 0 Å². The molecule has 0 N–H and O–H groups in total. The molecule has 4 nitrogen and oxygen atoms in total. The Bertz CT molecular complexity index is 272. The molecule has 0 rings (SSSR count). The van der Waals surface area contributed by atoms with E-state index in [-0.39, 0.29) is 0 Å². The van der Waals surface area contributed by atoms with Gasteiger partial charge in [0.15, 0.2) is 17.9 Å². The predicted octanol–water partition coefficient (Wildman–Crippen LogP) is 0.391. The average molecular weight is 335 g/mol. The van der Waals surface area contributed by atoms with Gasteiger partial charge >= 0.3 is 0 Å². The minimum atomic E-state index is -3.41. The first kappa shape index (κ1) is 8.98. The largest absolute Gasteiger partial charge is 0.270 e. The van der Waals surface area contributed by atoms with Crippen LogP contribution in [0.2, 0.25) is 0 Å². The zero-order valence-corrected chi connectivity index (χ0v) is 8.58. The van der Waals surface area contributed by atoms with Gasteiger partial charge in [-0.25, -0.2) is 8.42 Å². The average Bonchev–Trinajstić information content (AvgIpc) is 1.21. The molecule has 0 heterocycles. The Balaban J connectivity index is 4.93. The van der Waals surface area contributed by atoms with Crippen LogP contribution in [0.5, 0.6) is 0 Å². The maximum atomic E-state index is 10.0. The molecule has 0 bridgehead atoms. The normalized spacial score (nSPS) is 11.1. The molecule has 0 aromatic carbocycles. The summed E-state index contributed by atoms with van der Waals surface area (Å²) in [6, 6.07) is 0. The van der Waals surface area contributed by atoms with Crippen LogP contribution in [0.25, 0.3) is 0 Å². The van der Waals surface area contributed by atoms with E-state index in [1.807, 2.05) is 0 Å². The lowest BCUT2D eigenvalue weighted by molar-refractivity contribution is 0.626. The van der Waals surface area contributed by atoms with Crippen LogP contribution >= 0.6 is 32.7 Å². The Hall–Kier alpha value is 0.980. The van der Waals surface area contributed by atoms with E-state index >= 15 is 0 Å². The van der Waals surface area contributed by atoms with E-state index in [0.29, 0.717) is 0 Å². The molecule has 0 aliphatic rings. The van der Waals surface area contributed by atoms with Crippen LogP contribution in [0.4, 0.5) is 0 Å². The second-order valence-electron chi connectivity index (χ2n) is 0.635. The van der Waals surface area contributed by atoms with Gasteiger partial charge < -0.3 is 0 Å². The molecule has 50 valence electrons. The van der Waals surface area contributed by atoms with Crippen LogP contribution < -0.4 is 0 Å². The molecule has 0 atom stereocenters. The molecule has 0 fully saturated rings. The van der Waals surface area contributed by atoms with Crippen molar-refractivity contribution >= 4 is 45.5 Å². The lowest BCUT2D eigenvalue weighted by Gasteiger charge is -1.67. The lowest BCUT2D eigenvalue weighted by Crippen LogP contribution is -1.66. The van der Waals surface area contributed by atoms with Crippen LogP contribution in [0.3, 0.4) is 0 Å². The summed E-state index contributed by atoms with van der Waals surface area (Å²) in [7, 11) is -2.41. The molecule has 0 aliphatic carbocycles. The highest BCUT2D eigenvalue weighted by Crippen LogP contribution is 2.17. The Morgan fingerprint density at radius 2 is 1.75 bits per heavy atom. The number of rotatable bonds is 1. The fourth-order valence-electron chi connectivity index (χ4n) is 0.0614. The van der Waals surface area contributed by atoms with Crippen molar-refractivity contribution in [2.24, 2.45) is 0 Å². The molecule has 0 aliphatic heterocycles. The number of halogens is 2. The first-order valence-electron chi connectivity index (χ1n) is 1.13. The Morgan fingerprint density at radius 3 is 1.75 bits per heavy atom. The highest BCUT2D eigenvalue weighted by atomic mass is 127. The Kier molecular flexibility index (Phi) is 3.62. The van der Waals surface area contributed by atoms with Gasteiger partial charge in [-0.1, -0.05) is 0 Å². The van der Waals surface area contributed by atoms with Gasteiger partial charge in [0.05, 0.1) is 14.8 Å². The first-order chi connectivity index (χ1) is 3.42. The molecule has 0 saturated heterocycles. The van der Waals surface area contributed by atoms with E-state index in [1.54, 1.807) is 0 Å². The van der Waals surface area contributed by atoms with Crippen molar-refractivity contribution in [2.45, 2.75) is 0 Å². The lowest BCUT2D eigenvalue weighted by atomic mass is 15.9. The van der Waals surface area contributed by atoms with E-state index in [2.05, 4.69) is 14.8 Å². The molecule has 8 heavy (non-hydrogen) atoms. The summed E-state index contributed by atoms with van der Waals surface area (Å²) in [4.78, 5) is 0. The monoisotopic (exact) mass is 334 g/mol. The zero-order valence-electron chi connectivity index (χ0n) is 3.21. The van der Waals surface area contributed by atoms with Crippen molar-refractivity contribution in [3.05, 3.63) is 0 Å². The minimum Gasteiger partial charge on any atom is -0.206 e. The maximum absolute atomic E-state index is 10.0. The van der Waals surface area contributed by atoms with Crippen LogP contribution in [-0.2, 0) is 12.8 Å². The van der Waals surface area contributed by atoms with E-state index in [1.165, 1.54) is 0 Å². The summed E-state index contributed by atoms with van der Waals surface area (Å²) >= 11 is 0.435. The number of hydrogen-bond acceptors (Lipinski definition) is 4. The van der Waals surface area contributed by atoms with E-state index in [9.17, 15) is 16.8 Å². The third-order valence-electron chi connectivity index (χ3n) is 0.127. The third-order valence-corrected chi connectivity index (χ3v) is 13.7. The topological polar surface area (TPSA) is 68.3 Å². The molecule has 0 saturated carbocycles. The summed E-state index contributed by atoms with van der Waals surface area (Å²) < 4.78 is 39.3. The standard InChI is InChI=1S/BrIO4S2/c1-8(5,6)2-7(3)4. The molecule has 0 spiro atoms. The minimum absolute atomic E-state index is 1.77. The summed E-state index contributed by atoms with van der Waals surface area (Å²) in [5.74, 6) is 0. The highest BCUT2D eigenvalue weighted by Gasteiger charge is 1.97. The molecule has 0 radical (unpaired) electrons. The Morgan fingerprint density at radius 1 is 1.38 bits per heavy atom. The van der Waals surface area contributed by atoms with Gasteiger partial charge in [-0.2, -0.15) is 8.42 Å². The quantitative estimate of drug-likeness (QED) is 0.514. The number of hydrogen-bond donors (Lipinski definition) is 0. The fraction of sp³-hybridized carbons (Fsp3) is 0. The predicted molar refractivity (Wildman–Crippen MR) is 40.8 cm³/mol. The van der Waals surface area contributed by atoms with E-state index in [4.69, 9.17) is 0 Å². The van der Waals surface area contributed by atoms with Crippen LogP contribution in [-0.4, -0.2) is 16.8 Å². The molecule has 0 aromatic heterocycles. The zero-order chi connectivity index (χ0) is 6.78. The third kappa shape index (κ3) is 6.98. The van der Waals surface area contributed by atoms with Gasteiger partial charge in [0.2, 0.25) is 0 Å². The van der Waals surface area contributed by atoms with Crippen molar-refractivity contribution in [3.63, 3.8) is 0 Å². The van der Waals surface area contributed by atoms with Crippen LogP contribution in [0.1, 0.15) is 0 Å². The van der Waals surface area contributed by atoms with Gasteiger partial charge in [0.1, 0.15) is 0 Å². The molecule has 8 heteroatoms. The summed E-state index contributed by atoms with van der Waals surface area (Å²) in [5, 5.41) is 0. The van der Waals surface area contributed by atoms with Gasteiger partial charge in [-0.15, -0.1) is 0 Å². The molecular weight excluding hydrogens is 335 g/mol. The second kappa shape index (κ2) is 3.22. The first-order valence-corrected chi connectivity index (χ1v) is 10.6. The molecule has 0 aromatic rings. The van der Waals surface area contributed by atoms with E-state index < -0.39 is 30.7 Å². The summed E-state index contributed by atoms with van der Waals surface area (Å²) in [6.07, 6.45) is 0.